The predicted molar refractivity (Wildman–Crippen MR) is 93.5 cm³/mol. The zero-order chi connectivity index (χ0) is 16.7. The minimum absolute atomic E-state index is 0.141. The van der Waals surface area contributed by atoms with Crippen LogP contribution in [0.1, 0.15) is 44.2 Å². The number of aliphatic hydroxyl groups excluding tert-OH is 1. The molecule has 2 rings (SSSR count). The topological polar surface area (TPSA) is 73.4 Å². The first-order chi connectivity index (χ1) is 11.1. The number of hydrogen-bond acceptors (Lipinski definition) is 3. The summed E-state index contributed by atoms with van der Waals surface area (Å²) < 4.78 is 0. The van der Waals surface area contributed by atoms with Crippen molar-refractivity contribution in [2.24, 2.45) is 0 Å². The van der Waals surface area contributed by atoms with Gasteiger partial charge in [-0.05, 0) is 50.3 Å². The van der Waals surface area contributed by atoms with Crippen molar-refractivity contribution in [3.63, 3.8) is 0 Å². The Balaban J connectivity index is 1.76. The summed E-state index contributed by atoms with van der Waals surface area (Å²) in [6.07, 6.45) is 5.16. The number of rotatable bonds is 9. The number of allylic oxidation sites excluding steroid dienone is 1. The number of benzene rings is 1. The highest BCUT2D eigenvalue weighted by Gasteiger charge is 2.23. The van der Waals surface area contributed by atoms with Gasteiger partial charge in [0.25, 0.3) is 0 Å². The molecule has 0 aliphatic heterocycles. The van der Waals surface area contributed by atoms with E-state index in [9.17, 15) is 9.90 Å². The Morgan fingerprint density at radius 3 is 2.70 bits per heavy atom. The van der Waals surface area contributed by atoms with Crippen molar-refractivity contribution in [3.05, 3.63) is 42.5 Å². The van der Waals surface area contributed by atoms with E-state index < -0.39 is 0 Å². The van der Waals surface area contributed by atoms with Gasteiger partial charge in [-0.1, -0.05) is 18.2 Å². The van der Waals surface area contributed by atoms with Crippen LogP contribution in [-0.4, -0.2) is 29.8 Å². The number of urea groups is 1. The van der Waals surface area contributed by atoms with E-state index in [1.807, 2.05) is 30.3 Å². The lowest BCUT2D eigenvalue weighted by Gasteiger charge is -2.17. The van der Waals surface area contributed by atoms with Crippen LogP contribution in [0.5, 0.6) is 0 Å². The summed E-state index contributed by atoms with van der Waals surface area (Å²) >= 11 is 0. The lowest BCUT2D eigenvalue weighted by atomic mass is 10.1. The highest BCUT2D eigenvalue weighted by Crippen LogP contribution is 2.19. The van der Waals surface area contributed by atoms with Crippen LogP contribution < -0.4 is 16.0 Å². The van der Waals surface area contributed by atoms with Gasteiger partial charge >= 0.3 is 6.03 Å². The first kappa shape index (κ1) is 17.5. The second-order valence-electron chi connectivity index (χ2n) is 6.14. The van der Waals surface area contributed by atoms with Gasteiger partial charge in [0.2, 0.25) is 0 Å². The highest BCUT2D eigenvalue weighted by molar-refractivity contribution is 5.89. The minimum atomic E-state index is -0.359. The van der Waals surface area contributed by atoms with Crippen LogP contribution in [0.15, 0.2) is 36.9 Å². The molecular weight excluding hydrogens is 290 g/mol. The molecule has 0 radical (unpaired) electrons. The SMILES string of the molecule is C=CCCC(O)CNC(C)c1ccc(NC(=O)NC2CC2)cc1. The largest absolute Gasteiger partial charge is 0.392 e. The fraction of sp³-hybridized carbons (Fsp3) is 0.500. The van der Waals surface area contributed by atoms with E-state index in [0.29, 0.717) is 12.6 Å². The molecule has 5 nitrogen and oxygen atoms in total. The Kier molecular flexibility index (Phi) is 6.62. The third-order valence-electron chi connectivity index (χ3n) is 3.94. The summed E-state index contributed by atoms with van der Waals surface area (Å²) in [7, 11) is 0. The molecule has 126 valence electrons. The minimum Gasteiger partial charge on any atom is -0.392 e. The van der Waals surface area contributed by atoms with Gasteiger partial charge in [-0.3, -0.25) is 0 Å². The maximum atomic E-state index is 11.7. The summed E-state index contributed by atoms with van der Waals surface area (Å²) in [6, 6.07) is 8.12. The number of carbonyl (C=O) groups is 1. The average molecular weight is 317 g/mol. The molecule has 1 aromatic carbocycles. The van der Waals surface area contributed by atoms with Crippen LogP contribution in [0.2, 0.25) is 0 Å². The molecule has 0 aromatic heterocycles. The third-order valence-corrected chi connectivity index (χ3v) is 3.94. The quantitative estimate of drug-likeness (QED) is 0.529. The molecule has 1 aliphatic rings. The van der Waals surface area contributed by atoms with E-state index in [-0.39, 0.29) is 18.2 Å². The number of aliphatic hydroxyl groups is 1. The van der Waals surface area contributed by atoms with E-state index in [1.165, 1.54) is 0 Å². The van der Waals surface area contributed by atoms with Gasteiger partial charge in [0.1, 0.15) is 0 Å². The lowest BCUT2D eigenvalue weighted by molar-refractivity contribution is 0.159. The van der Waals surface area contributed by atoms with Gasteiger partial charge < -0.3 is 21.1 Å². The molecule has 0 saturated heterocycles. The molecule has 1 fully saturated rings. The standard InChI is InChI=1S/C18H27N3O2/c1-3-4-5-17(22)12-19-13(2)14-6-8-15(9-7-14)20-18(23)21-16-10-11-16/h3,6-9,13,16-17,19,22H,1,4-5,10-12H2,2H3,(H2,20,21,23). The number of hydrogen-bond donors (Lipinski definition) is 4. The summed E-state index contributed by atoms with van der Waals surface area (Å²) in [4.78, 5) is 11.7. The molecule has 1 aromatic rings. The van der Waals surface area contributed by atoms with Crippen LogP contribution >= 0.6 is 0 Å². The van der Waals surface area contributed by atoms with Crippen LogP contribution in [0.4, 0.5) is 10.5 Å². The zero-order valence-corrected chi connectivity index (χ0v) is 13.7. The van der Waals surface area contributed by atoms with E-state index >= 15 is 0 Å². The van der Waals surface area contributed by atoms with E-state index in [0.717, 1.165) is 36.9 Å². The summed E-state index contributed by atoms with van der Waals surface area (Å²) in [5, 5.41) is 18.9. The molecule has 0 bridgehead atoms. The number of anilines is 1. The van der Waals surface area contributed by atoms with Crippen molar-refractivity contribution >= 4 is 11.7 Å². The molecule has 0 spiro atoms. The summed E-state index contributed by atoms with van der Waals surface area (Å²) in [5.41, 5.74) is 1.90. The molecule has 2 amide bonds. The smallest absolute Gasteiger partial charge is 0.319 e. The first-order valence-corrected chi connectivity index (χ1v) is 8.28. The fourth-order valence-corrected chi connectivity index (χ4v) is 2.28. The maximum Gasteiger partial charge on any atom is 0.319 e. The van der Waals surface area contributed by atoms with Gasteiger partial charge in [0.15, 0.2) is 0 Å². The maximum absolute atomic E-state index is 11.7. The second-order valence-corrected chi connectivity index (χ2v) is 6.14. The van der Waals surface area contributed by atoms with Crippen LogP contribution in [0.3, 0.4) is 0 Å². The van der Waals surface area contributed by atoms with E-state index in [4.69, 9.17) is 0 Å². The van der Waals surface area contributed by atoms with Crippen LogP contribution in [0, 0.1) is 0 Å². The number of nitrogens with one attached hydrogen (secondary N) is 3. The highest BCUT2D eigenvalue weighted by atomic mass is 16.3. The van der Waals surface area contributed by atoms with Gasteiger partial charge in [-0.2, -0.15) is 0 Å². The average Bonchev–Trinajstić information content (AvgIpc) is 3.35. The zero-order valence-electron chi connectivity index (χ0n) is 13.7. The third kappa shape index (κ3) is 6.42. The van der Waals surface area contributed by atoms with E-state index in [2.05, 4.69) is 29.5 Å². The predicted octanol–water partition coefficient (Wildman–Crippen LogP) is 2.95. The molecule has 23 heavy (non-hydrogen) atoms. The van der Waals surface area contributed by atoms with Crippen molar-refractivity contribution in [2.75, 3.05) is 11.9 Å². The lowest BCUT2D eigenvalue weighted by Crippen LogP contribution is -2.30. The number of amides is 2. The number of carbonyl (C=O) groups excluding carboxylic acids is 1. The molecule has 2 atom stereocenters. The van der Waals surface area contributed by atoms with Crippen molar-refractivity contribution in [2.45, 2.75) is 50.8 Å². The Morgan fingerprint density at radius 2 is 2.09 bits per heavy atom. The van der Waals surface area contributed by atoms with Gasteiger partial charge in [-0.15, -0.1) is 6.58 Å². The molecule has 0 heterocycles. The first-order valence-electron chi connectivity index (χ1n) is 8.28. The summed E-state index contributed by atoms with van der Waals surface area (Å²) in [6.45, 7) is 6.27. The normalized spacial score (nSPS) is 16.4. The fourth-order valence-electron chi connectivity index (χ4n) is 2.28. The Morgan fingerprint density at radius 1 is 1.39 bits per heavy atom. The summed E-state index contributed by atoms with van der Waals surface area (Å²) in [5.74, 6) is 0. The Hall–Kier alpha value is -1.85. The van der Waals surface area contributed by atoms with Crippen molar-refractivity contribution in [1.29, 1.82) is 0 Å². The molecule has 1 aliphatic carbocycles. The van der Waals surface area contributed by atoms with Crippen molar-refractivity contribution in [1.82, 2.24) is 10.6 Å². The van der Waals surface area contributed by atoms with Crippen molar-refractivity contribution < 1.29 is 9.90 Å². The van der Waals surface area contributed by atoms with E-state index in [1.54, 1.807) is 0 Å². The molecule has 5 heteroatoms. The van der Waals surface area contributed by atoms with Gasteiger partial charge in [0, 0.05) is 24.3 Å². The second kappa shape index (κ2) is 8.70. The van der Waals surface area contributed by atoms with Crippen LogP contribution in [-0.2, 0) is 0 Å². The monoisotopic (exact) mass is 317 g/mol. The molecular formula is C18H27N3O2. The van der Waals surface area contributed by atoms with Gasteiger partial charge in [0.05, 0.1) is 6.10 Å². The molecule has 1 saturated carbocycles. The Bertz CT molecular complexity index is 512. The van der Waals surface area contributed by atoms with Crippen molar-refractivity contribution in [3.8, 4) is 0 Å². The molecule has 4 N–H and O–H groups in total. The Labute approximate surface area is 138 Å². The van der Waals surface area contributed by atoms with Gasteiger partial charge in [-0.25, -0.2) is 4.79 Å². The molecule has 2 unspecified atom stereocenters. The van der Waals surface area contributed by atoms with Crippen LogP contribution in [0.25, 0.3) is 0 Å².